The smallest absolute Gasteiger partial charge is 0.410 e. The summed E-state index contributed by atoms with van der Waals surface area (Å²) in [5, 5.41) is 13.1. The summed E-state index contributed by atoms with van der Waals surface area (Å²) in [6.45, 7) is 6.61. The molecule has 50 heavy (non-hydrogen) atoms. The van der Waals surface area contributed by atoms with Gasteiger partial charge in [0, 0.05) is 32.2 Å². The minimum atomic E-state index is -1.67. The highest BCUT2D eigenvalue weighted by Crippen LogP contribution is 2.35. The molecule has 0 spiro atoms. The van der Waals surface area contributed by atoms with Gasteiger partial charge in [0.25, 0.3) is 5.91 Å². The summed E-state index contributed by atoms with van der Waals surface area (Å²) in [4.78, 5) is 55.7. The number of benzene rings is 3. The number of esters is 1. The lowest BCUT2D eigenvalue weighted by Crippen LogP contribution is -2.58. The van der Waals surface area contributed by atoms with Crippen LogP contribution in [0.3, 0.4) is 0 Å². The number of hydrogen-bond donors (Lipinski definition) is 2. The first kappa shape index (κ1) is 37.8. The Morgan fingerprint density at radius 3 is 2.18 bits per heavy atom. The number of ether oxygens (including phenoxy) is 5. The maximum atomic E-state index is 16.3. The molecule has 2 amide bonds. The van der Waals surface area contributed by atoms with Crippen molar-refractivity contribution in [3.63, 3.8) is 0 Å². The van der Waals surface area contributed by atoms with E-state index in [9.17, 15) is 24.3 Å². The fourth-order valence-electron chi connectivity index (χ4n) is 6.08. The van der Waals surface area contributed by atoms with E-state index >= 15 is 4.39 Å². The third kappa shape index (κ3) is 8.58. The molecule has 12 nitrogen and oxygen atoms in total. The fourth-order valence-corrected chi connectivity index (χ4v) is 6.08. The number of amides is 2. The SMILES string of the molecule is COCOc1ccc(C(C)C)c(F)c1C(=O)C1CCCN(C(=O)O)C(OC(=O)c2ccccc2)C1NC(=O)c1cc(C)c(OCOC)c(C)c1. The van der Waals surface area contributed by atoms with Crippen molar-refractivity contribution in [1.82, 2.24) is 10.2 Å². The Kier molecular flexibility index (Phi) is 12.9. The number of carboxylic acid groups (broad SMARTS) is 1. The van der Waals surface area contributed by atoms with Crippen molar-refractivity contribution in [2.24, 2.45) is 5.92 Å². The highest BCUT2D eigenvalue weighted by atomic mass is 19.1. The third-order valence-corrected chi connectivity index (χ3v) is 8.46. The predicted molar refractivity (Wildman–Crippen MR) is 180 cm³/mol. The van der Waals surface area contributed by atoms with Crippen molar-refractivity contribution < 1.29 is 52.4 Å². The van der Waals surface area contributed by atoms with Crippen LogP contribution in [0.15, 0.2) is 54.6 Å². The summed E-state index contributed by atoms with van der Waals surface area (Å²) >= 11 is 0. The van der Waals surface area contributed by atoms with Gasteiger partial charge in [-0.25, -0.2) is 14.0 Å². The number of methoxy groups -OCH3 is 2. The summed E-state index contributed by atoms with van der Waals surface area (Å²) in [7, 11) is 2.86. The second-order valence-corrected chi connectivity index (χ2v) is 12.3. The van der Waals surface area contributed by atoms with E-state index in [1.165, 1.54) is 38.5 Å². The summed E-state index contributed by atoms with van der Waals surface area (Å²) in [5.41, 5.74) is 1.42. The Labute approximate surface area is 290 Å². The number of likely N-dealkylation sites (tertiary alicyclic amines) is 1. The minimum absolute atomic E-state index is 0.0107. The van der Waals surface area contributed by atoms with E-state index in [0.717, 1.165) is 4.90 Å². The molecular formula is C37H43FN2O10. The van der Waals surface area contributed by atoms with Crippen LogP contribution in [0.25, 0.3) is 0 Å². The first-order valence-corrected chi connectivity index (χ1v) is 16.2. The van der Waals surface area contributed by atoms with Crippen molar-refractivity contribution in [2.45, 2.75) is 58.7 Å². The fraction of sp³-hybridized carbons (Fsp3) is 0.405. The van der Waals surface area contributed by atoms with Crippen molar-refractivity contribution in [3.05, 3.63) is 93.8 Å². The number of hydrogen-bond acceptors (Lipinski definition) is 9. The number of rotatable bonds is 13. The molecule has 268 valence electrons. The van der Waals surface area contributed by atoms with Crippen LogP contribution < -0.4 is 14.8 Å². The normalized spacial score (nSPS) is 17.5. The molecule has 1 heterocycles. The van der Waals surface area contributed by atoms with Gasteiger partial charge >= 0.3 is 12.1 Å². The molecule has 13 heteroatoms. The van der Waals surface area contributed by atoms with E-state index in [1.807, 2.05) is 0 Å². The first-order chi connectivity index (χ1) is 23.9. The zero-order valence-corrected chi connectivity index (χ0v) is 29.0. The predicted octanol–water partition coefficient (Wildman–Crippen LogP) is 6.09. The molecule has 0 saturated carbocycles. The van der Waals surface area contributed by atoms with Gasteiger partial charge in [0.05, 0.1) is 17.2 Å². The molecule has 1 fully saturated rings. The van der Waals surface area contributed by atoms with Crippen LogP contribution in [0.4, 0.5) is 9.18 Å². The van der Waals surface area contributed by atoms with Gasteiger partial charge in [-0.3, -0.25) is 14.5 Å². The van der Waals surface area contributed by atoms with Gasteiger partial charge in [0.2, 0.25) is 6.23 Å². The zero-order valence-electron chi connectivity index (χ0n) is 29.0. The number of Topliss-reactive ketones (excluding diaryl/α,β-unsaturated/α-hetero) is 1. The van der Waals surface area contributed by atoms with Gasteiger partial charge < -0.3 is 34.1 Å². The average Bonchev–Trinajstić information content (AvgIpc) is 3.26. The maximum Gasteiger partial charge on any atom is 0.410 e. The standard InChI is InChI=1S/C37H43FN2O10/c1-21(2)26-14-15-28(48-19-46-5)29(30(26)38)32(41)27-13-10-16-40(37(44)45)35(50-36(43)24-11-8-7-9-12-24)31(27)39-34(42)25-17-22(3)33(23(4)18-25)49-20-47-6/h7-9,11-12,14-15,17-18,21,27,31,35H,10,13,16,19-20H2,1-6H3,(H,39,42)(H,44,45). The van der Waals surface area contributed by atoms with Crippen molar-refractivity contribution in [2.75, 3.05) is 34.4 Å². The topological polar surface area (TPSA) is 150 Å². The molecular weight excluding hydrogens is 651 g/mol. The summed E-state index contributed by atoms with van der Waals surface area (Å²) in [5.74, 6) is -4.25. The first-order valence-electron chi connectivity index (χ1n) is 16.2. The van der Waals surface area contributed by atoms with Crippen LogP contribution >= 0.6 is 0 Å². The lowest BCUT2D eigenvalue weighted by atomic mass is 9.84. The number of ketones is 1. The average molecular weight is 695 g/mol. The van der Waals surface area contributed by atoms with Gasteiger partial charge in [0.15, 0.2) is 19.4 Å². The number of halogens is 1. The molecule has 0 aromatic heterocycles. The summed E-state index contributed by atoms with van der Waals surface area (Å²) < 4.78 is 43.4. The maximum absolute atomic E-state index is 16.3. The van der Waals surface area contributed by atoms with E-state index in [1.54, 1.807) is 58.0 Å². The second-order valence-electron chi connectivity index (χ2n) is 12.3. The zero-order chi connectivity index (χ0) is 36.5. The Morgan fingerprint density at radius 2 is 1.58 bits per heavy atom. The van der Waals surface area contributed by atoms with Gasteiger partial charge in [-0.1, -0.05) is 38.1 Å². The van der Waals surface area contributed by atoms with Crippen LogP contribution in [0.1, 0.15) is 80.4 Å². The number of carbonyl (C=O) groups excluding carboxylic acids is 3. The van der Waals surface area contributed by atoms with Gasteiger partial charge in [-0.15, -0.1) is 0 Å². The molecule has 0 radical (unpaired) electrons. The summed E-state index contributed by atoms with van der Waals surface area (Å²) in [6, 6.07) is 12.6. The lowest BCUT2D eigenvalue weighted by Gasteiger charge is -2.35. The van der Waals surface area contributed by atoms with Gasteiger partial charge in [-0.2, -0.15) is 0 Å². The Bertz CT molecular complexity index is 1670. The molecule has 3 aromatic rings. The van der Waals surface area contributed by atoms with Gasteiger partial charge in [0.1, 0.15) is 17.3 Å². The molecule has 0 bridgehead atoms. The van der Waals surface area contributed by atoms with Crippen molar-refractivity contribution in [1.29, 1.82) is 0 Å². The molecule has 1 aliphatic heterocycles. The van der Waals surface area contributed by atoms with E-state index in [0.29, 0.717) is 16.9 Å². The summed E-state index contributed by atoms with van der Waals surface area (Å²) in [6.07, 6.45) is -2.96. The van der Waals surface area contributed by atoms with Crippen LogP contribution in [-0.2, 0) is 14.2 Å². The van der Waals surface area contributed by atoms with Crippen LogP contribution in [0.5, 0.6) is 11.5 Å². The lowest BCUT2D eigenvalue weighted by molar-refractivity contribution is -0.0416. The van der Waals surface area contributed by atoms with Crippen molar-refractivity contribution >= 4 is 23.8 Å². The molecule has 3 unspecified atom stereocenters. The van der Waals surface area contributed by atoms with Crippen molar-refractivity contribution in [3.8, 4) is 11.5 Å². The highest BCUT2D eigenvalue weighted by Gasteiger charge is 2.46. The van der Waals surface area contributed by atoms with Crippen LogP contribution in [0, 0.1) is 25.6 Å². The van der Waals surface area contributed by atoms with E-state index in [-0.39, 0.29) is 66.9 Å². The monoisotopic (exact) mass is 694 g/mol. The number of carbonyl (C=O) groups is 4. The van der Waals surface area contributed by atoms with E-state index in [2.05, 4.69) is 5.32 Å². The number of aryl methyl sites for hydroxylation is 2. The number of nitrogens with zero attached hydrogens (tertiary/aromatic N) is 1. The molecule has 2 N–H and O–H groups in total. The minimum Gasteiger partial charge on any atom is -0.467 e. The molecule has 4 rings (SSSR count). The second kappa shape index (κ2) is 17.1. The van der Waals surface area contributed by atoms with E-state index in [4.69, 9.17) is 23.7 Å². The van der Waals surface area contributed by atoms with Crippen LogP contribution in [-0.4, -0.2) is 80.4 Å². The largest absolute Gasteiger partial charge is 0.467 e. The quantitative estimate of drug-likeness (QED) is 0.122. The van der Waals surface area contributed by atoms with E-state index < -0.39 is 47.8 Å². The Morgan fingerprint density at radius 1 is 0.940 bits per heavy atom. The molecule has 1 aliphatic rings. The molecule has 1 saturated heterocycles. The third-order valence-electron chi connectivity index (χ3n) is 8.46. The Hall–Kier alpha value is -5.01. The molecule has 3 aromatic carbocycles. The Balaban J connectivity index is 1.86. The molecule has 3 atom stereocenters. The molecule has 0 aliphatic carbocycles. The van der Waals surface area contributed by atoms with Gasteiger partial charge in [-0.05, 0) is 79.6 Å². The highest BCUT2D eigenvalue weighted by molar-refractivity contribution is 6.02. The van der Waals surface area contributed by atoms with Crippen LogP contribution in [0.2, 0.25) is 0 Å². The number of nitrogens with one attached hydrogen (secondary N) is 1.